The van der Waals surface area contributed by atoms with Gasteiger partial charge in [-0.1, -0.05) is 6.92 Å². The number of carbonyl (C=O) groups excluding carboxylic acids is 1. The van der Waals surface area contributed by atoms with Crippen LogP contribution < -0.4 is 0 Å². The summed E-state index contributed by atoms with van der Waals surface area (Å²) in [6.45, 7) is 3.65. The van der Waals surface area contributed by atoms with Crippen molar-refractivity contribution < 1.29 is 19.8 Å². The lowest BCUT2D eigenvalue weighted by Crippen LogP contribution is -2.36. The van der Waals surface area contributed by atoms with Crippen molar-refractivity contribution in [2.75, 3.05) is 13.1 Å². The highest BCUT2D eigenvalue weighted by atomic mass is 16.4. The molecule has 5 nitrogen and oxygen atoms in total. The van der Waals surface area contributed by atoms with Crippen LogP contribution in [0.1, 0.15) is 29.3 Å². The molecule has 0 heterocycles. The van der Waals surface area contributed by atoms with Crippen molar-refractivity contribution in [1.29, 1.82) is 0 Å². The number of carboxylic acid groups (broad SMARTS) is 1. The van der Waals surface area contributed by atoms with Gasteiger partial charge in [0, 0.05) is 12.1 Å². The monoisotopic (exact) mass is 251 g/mol. The molecule has 5 heteroatoms. The Morgan fingerprint density at radius 3 is 2.50 bits per heavy atom. The van der Waals surface area contributed by atoms with E-state index in [1.807, 2.05) is 6.92 Å². The van der Waals surface area contributed by atoms with E-state index in [2.05, 4.69) is 0 Å². The van der Waals surface area contributed by atoms with Gasteiger partial charge in [-0.25, -0.2) is 0 Å². The van der Waals surface area contributed by atoms with Gasteiger partial charge in [-0.15, -0.1) is 0 Å². The zero-order valence-electron chi connectivity index (χ0n) is 10.5. The van der Waals surface area contributed by atoms with Crippen LogP contribution in [0.2, 0.25) is 0 Å². The average molecular weight is 251 g/mol. The minimum atomic E-state index is -1.03. The van der Waals surface area contributed by atoms with Gasteiger partial charge in [0.05, 0.1) is 0 Å². The number of carboxylic acids is 1. The van der Waals surface area contributed by atoms with Crippen molar-refractivity contribution in [2.45, 2.75) is 20.3 Å². The number of phenolic OH excluding ortho intramolecular Hbond substituents is 1. The van der Waals surface area contributed by atoms with E-state index in [0.29, 0.717) is 24.1 Å². The molecule has 18 heavy (non-hydrogen) atoms. The van der Waals surface area contributed by atoms with Crippen LogP contribution in [-0.2, 0) is 4.79 Å². The highest BCUT2D eigenvalue weighted by Gasteiger charge is 2.18. The molecule has 0 saturated carbocycles. The zero-order valence-corrected chi connectivity index (χ0v) is 10.5. The Labute approximate surface area is 106 Å². The lowest BCUT2D eigenvalue weighted by atomic mass is 10.1. The smallest absolute Gasteiger partial charge is 0.323 e. The predicted octanol–water partition coefficient (Wildman–Crippen LogP) is 1.64. The van der Waals surface area contributed by atoms with E-state index >= 15 is 0 Å². The van der Waals surface area contributed by atoms with Crippen molar-refractivity contribution in [3.8, 4) is 5.75 Å². The van der Waals surface area contributed by atoms with Crippen LogP contribution in [0.5, 0.6) is 5.75 Å². The highest BCUT2D eigenvalue weighted by Crippen LogP contribution is 2.18. The summed E-state index contributed by atoms with van der Waals surface area (Å²) >= 11 is 0. The topological polar surface area (TPSA) is 77.8 Å². The molecule has 0 aliphatic carbocycles. The maximum absolute atomic E-state index is 12.1. The number of carbonyl (C=O) groups is 2. The van der Waals surface area contributed by atoms with Crippen molar-refractivity contribution >= 4 is 11.9 Å². The molecule has 0 fully saturated rings. The number of aromatic hydroxyl groups is 1. The van der Waals surface area contributed by atoms with E-state index in [1.165, 1.54) is 17.0 Å². The summed E-state index contributed by atoms with van der Waals surface area (Å²) in [6, 6.07) is 4.49. The Balaban J connectivity index is 2.93. The fourth-order valence-electron chi connectivity index (χ4n) is 1.66. The molecule has 1 amide bonds. The number of amides is 1. The van der Waals surface area contributed by atoms with Gasteiger partial charge in [0.1, 0.15) is 12.3 Å². The summed E-state index contributed by atoms with van der Waals surface area (Å²) in [5.74, 6) is -1.25. The predicted molar refractivity (Wildman–Crippen MR) is 66.7 cm³/mol. The van der Waals surface area contributed by atoms with E-state index in [-0.39, 0.29) is 18.2 Å². The third-order valence-corrected chi connectivity index (χ3v) is 2.55. The molecular weight excluding hydrogens is 234 g/mol. The number of rotatable bonds is 5. The van der Waals surface area contributed by atoms with Crippen LogP contribution in [0.3, 0.4) is 0 Å². The fraction of sp³-hybridized carbons (Fsp3) is 0.385. The molecule has 1 aromatic carbocycles. The first-order valence-electron chi connectivity index (χ1n) is 5.76. The lowest BCUT2D eigenvalue weighted by molar-refractivity contribution is -0.137. The number of phenols is 1. The number of aliphatic carboxylic acids is 1. The van der Waals surface area contributed by atoms with Crippen LogP contribution in [0.15, 0.2) is 18.2 Å². The molecule has 0 bridgehead atoms. The molecule has 0 atom stereocenters. The highest BCUT2D eigenvalue weighted by molar-refractivity contribution is 5.96. The largest absolute Gasteiger partial charge is 0.508 e. The first-order chi connectivity index (χ1) is 8.45. The molecule has 2 N–H and O–H groups in total. The van der Waals surface area contributed by atoms with Crippen molar-refractivity contribution in [2.24, 2.45) is 0 Å². The number of hydrogen-bond acceptors (Lipinski definition) is 3. The van der Waals surface area contributed by atoms with Gasteiger partial charge in [0.15, 0.2) is 0 Å². The molecule has 98 valence electrons. The third-order valence-electron chi connectivity index (χ3n) is 2.55. The molecule has 1 aromatic rings. The van der Waals surface area contributed by atoms with Crippen molar-refractivity contribution in [3.05, 3.63) is 29.3 Å². The van der Waals surface area contributed by atoms with Crippen molar-refractivity contribution in [3.63, 3.8) is 0 Å². The quantitative estimate of drug-likeness (QED) is 0.833. The van der Waals surface area contributed by atoms with Gasteiger partial charge in [0.2, 0.25) is 0 Å². The second kappa shape index (κ2) is 6.05. The molecule has 0 aliphatic heterocycles. The first kappa shape index (κ1) is 14.0. The minimum Gasteiger partial charge on any atom is -0.508 e. The van der Waals surface area contributed by atoms with Gasteiger partial charge >= 0.3 is 5.97 Å². The normalized spacial score (nSPS) is 10.1. The Kier molecular flexibility index (Phi) is 4.71. The third kappa shape index (κ3) is 3.48. The number of hydrogen-bond donors (Lipinski definition) is 2. The SMILES string of the molecule is CCCN(CC(=O)O)C(=O)c1ccc(O)c(C)c1. The van der Waals surface area contributed by atoms with Gasteiger partial charge in [-0.05, 0) is 37.1 Å². The van der Waals surface area contributed by atoms with Gasteiger partial charge in [0.25, 0.3) is 5.91 Å². The van der Waals surface area contributed by atoms with Gasteiger partial charge in [-0.2, -0.15) is 0 Å². The van der Waals surface area contributed by atoms with Crippen LogP contribution >= 0.6 is 0 Å². The van der Waals surface area contributed by atoms with E-state index in [9.17, 15) is 14.7 Å². The maximum atomic E-state index is 12.1. The van der Waals surface area contributed by atoms with Crippen LogP contribution in [0.25, 0.3) is 0 Å². The molecular formula is C13H17NO4. The second-order valence-corrected chi connectivity index (χ2v) is 4.12. The molecule has 0 unspecified atom stereocenters. The fourth-order valence-corrected chi connectivity index (χ4v) is 1.66. The van der Waals surface area contributed by atoms with E-state index in [4.69, 9.17) is 5.11 Å². The summed E-state index contributed by atoms with van der Waals surface area (Å²) in [4.78, 5) is 24.1. The van der Waals surface area contributed by atoms with Crippen LogP contribution in [0.4, 0.5) is 0 Å². The summed E-state index contributed by atoms with van der Waals surface area (Å²) in [5, 5.41) is 18.2. The summed E-state index contributed by atoms with van der Waals surface area (Å²) < 4.78 is 0. The Bertz CT molecular complexity index is 456. The van der Waals surface area contributed by atoms with Crippen LogP contribution in [0, 0.1) is 6.92 Å². The summed E-state index contributed by atoms with van der Waals surface area (Å²) in [6.07, 6.45) is 0.691. The second-order valence-electron chi connectivity index (χ2n) is 4.12. The molecule has 0 saturated heterocycles. The Hall–Kier alpha value is -2.04. The number of benzene rings is 1. The van der Waals surface area contributed by atoms with Gasteiger partial charge < -0.3 is 15.1 Å². The Morgan fingerprint density at radius 2 is 2.00 bits per heavy atom. The molecule has 0 radical (unpaired) electrons. The van der Waals surface area contributed by atoms with E-state index < -0.39 is 5.97 Å². The molecule has 0 spiro atoms. The standard InChI is InChI=1S/C13H17NO4/c1-3-6-14(8-12(16)17)13(18)10-4-5-11(15)9(2)7-10/h4-5,7,15H,3,6,8H2,1-2H3,(H,16,17). The number of aryl methyl sites for hydroxylation is 1. The van der Waals surface area contributed by atoms with E-state index in [1.54, 1.807) is 13.0 Å². The zero-order chi connectivity index (χ0) is 13.7. The van der Waals surface area contributed by atoms with Crippen molar-refractivity contribution in [1.82, 2.24) is 4.90 Å². The van der Waals surface area contributed by atoms with Crippen LogP contribution in [-0.4, -0.2) is 40.1 Å². The lowest BCUT2D eigenvalue weighted by Gasteiger charge is -2.20. The molecule has 0 aliphatic rings. The summed E-state index contributed by atoms with van der Waals surface area (Å²) in [5.41, 5.74) is 0.979. The molecule has 0 aromatic heterocycles. The van der Waals surface area contributed by atoms with E-state index in [0.717, 1.165) is 0 Å². The minimum absolute atomic E-state index is 0.117. The Morgan fingerprint density at radius 1 is 1.33 bits per heavy atom. The first-order valence-corrected chi connectivity index (χ1v) is 5.76. The van der Waals surface area contributed by atoms with Gasteiger partial charge in [-0.3, -0.25) is 9.59 Å². The average Bonchev–Trinajstić information content (AvgIpc) is 2.31. The maximum Gasteiger partial charge on any atom is 0.323 e. The summed E-state index contributed by atoms with van der Waals surface area (Å²) in [7, 11) is 0. The number of nitrogens with zero attached hydrogens (tertiary/aromatic N) is 1. The molecule has 1 rings (SSSR count).